The van der Waals surface area contributed by atoms with Gasteiger partial charge in [0, 0.05) is 12.6 Å². The normalized spacial score (nSPS) is 29.5. The zero-order valence-corrected chi connectivity index (χ0v) is 12.9. The lowest BCUT2D eigenvalue weighted by Crippen LogP contribution is -2.61. The number of amides is 1. The number of aliphatic hydroxyl groups is 1. The number of aryl methyl sites for hydroxylation is 1. The van der Waals surface area contributed by atoms with Gasteiger partial charge in [-0.2, -0.15) is 0 Å². The lowest BCUT2D eigenvalue weighted by Gasteiger charge is -2.39. The Balaban J connectivity index is 1.52. The maximum atomic E-state index is 12.4. The van der Waals surface area contributed by atoms with Gasteiger partial charge in [-0.25, -0.2) is 0 Å². The highest BCUT2D eigenvalue weighted by Crippen LogP contribution is 2.26. The third-order valence-corrected chi connectivity index (χ3v) is 4.56. The molecule has 2 heterocycles. The van der Waals surface area contributed by atoms with E-state index in [0.717, 1.165) is 32.2 Å². The van der Waals surface area contributed by atoms with E-state index in [0.29, 0.717) is 0 Å². The number of rotatable bonds is 5. The molecule has 2 fully saturated rings. The fourth-order valence-corrected chi connectivity index (χ4v) is 3.28. The standard InChI is InChI=1S/C17H24N2O3/c1-12(9-10-13-6-3-2-4-7-13)18-15-16(20)19-11-5-8-14(19)17(21)22-15/h2-4,6-7,12,14-15,17-18,21H,5,8-11H2,1H3/t12-,14+,15+,17?/m1/s1. The smallest absolute Gasteiger partial charge is 0.267 e. The molecule has 0 saturated carbocycles. The number of fused-ring (bicyclic) bond motifs is 1. The Bertz CT molecular complexity index is 508. The van der Waals surface area contributed by atoms with Crippen LogP contribution in [0.25, 0.3) is 0 Å². The molecule has 0 aliphatic carbocycles. The summed E-state index contributed by atoms with van der Waals surface area (Å²) in [7, 11) is 0. The van der Waals surface area contributed by atoms with Crippen LogP contribution in [0.3, 0.4) is 0 Å². The van der Waals surface area contributed by atoms with E-state index in [9.17, 15) is 9.90 Å². The Morgan fingerprint density at radius 3 is 2.95 bits per heavy atom. The molecule has 2 aliphatic heterocycles. The van der Waals surface area contributed by atoms with E-state index < -0.39 is 12.5 Å². The van der Waals surface area contributed by atoms with Crippen molar-refractivity contribution in [3.05, 3.63) is 35.9 Å². The first-order valence-electron chi connectivity index (χ1n) is 8.09. The van der Waals surface area contributed by atoms with Crippen LogP contribution >= 0.6 is 0 Å². The highest BCUT2D eigenvalue weighted by Gasteiger charge is 2.44. The summed E-state index contributed by atoms with van der Waals surface area (Å²) < 4.78 is 5.49. The van der Waals surface area contributed by atoms with Gasteiger partial charge in [-0.05, 0) is 38.2 Å². The number of aliphatic hydroxyl groups excluding tert-OH is 1. The summed E-state index contributed by atoms with van der Waals surface area (Å²) in [5.41, 5.74) is 1.28. The molecular formula is C17H24N2O3. The summed E-state index contributed by atoms with van der Waals surface area (Å²) >= 11 is 0. The van der Waals surface area contributed by atoms with Crippen LogP contribution in [0, 0.1) is 0 Å². The number of morpholine rings is 1. The third-order valence-electron chi connectivity index (χ3n) is 4.56. The highest BCUT2D eigenvalue weighted by atomic mass is 16.6. The maximum Gasteiger partial charge on any atom is 0.267 e. The average Bonchev–Trinajstić information content (AvgIpc) is 3.02. The maximum absolute atomic E-state index is 12.4. The van der Waals surface area contributed by atoms with E-state index in [4.69, 9.17) is 4.74 Å². The summed E-state index contributed by atoms with van der Waals surface area (Å²) in [6.07, 6.45) is 2.02. The summed E-state index contributed by atoms with van der Waals surface area (Å²) in [6, 6.07) is 10.3. The van der Waals surface area contributed by atoms with E-state index in [-0.39, 0.29) is 18.0 Å². The minimum Gasteiger partial charge on any atom is -0.366 e. The summed E-state index contributed by atoms with van der Waals surface area (Å²) in [6.45, 7) is 2.77. The van der Waals surface area contributed by atoms with Crippen LogP contribution in [0.2, 0.25) is 0 Å². The quantitative estimate of drug-likeness (QED) is 0.860. The largest absolute Gasteiger partial charge is 0.366 e. The van der Waals surface area contributed by atoms with E-state index >= 15 is 0 Å². The van der Waals surface area contributed by atoms with Crippen molar-refractivity contribution >= 4 is 5.91 Å². The van der Waals surface area contributed by atoms with Crippen LogP contribution in [-0.2, 0) is 16.0 Å². The molecule has 0 aromatic heterocycles. The van der Waals surface area contributed by atoms with Crippen LogP contribution in [0.15, 0.2) is 30.3 Å². The van der Waals surface area contributed by atoms with E-state index in [2.05, 4.69) is 17.4 Å². The number of hydrogen-bond acceptors (Lipinski definition) is 4. The molecule has 120 valence electrons. The lowest BCUT2D eigenvalue weighted by molar-refractivity contribution is -0.216. The fraction of sp³-hybridized carbons (Fsp3) is 0.588. The predicted molar refractivity (Wildman–Crippen MR) is 83.0 cm³/mol. The van der Waals surface area contributed by atoms with Gasteiger partial charge in [-0.1, -0.05) is 30.3 Å². The number of nitrogens with zero attached hydrogens (tertiary/aromatic N) is 1. The number of ether oxygens (including phenoxy) is 1. The third kappa shape index (κ3) is 3.32. The molecule has 1 amide bonds. The van der Waals surface area contributed by atoms with Gasteiger partial charge < -0.3 is 14.7 Å². The second kappa shape index (κ2) is 6.77. The van der Waals surface area contributed by atoms with Gasteiger partial charge in [-0.3, -0.25) is 10.1 Å². The Labute approximate surface area is 131 Å². The van der Waals surface area contributed by atoms with Gasteiger partial charge in [0.15, 0.2) is 12.5 Å². The highest BCUT2D eigenvalue weighted by molar-refractivity contribution is 5.82. The molecule has 3 rings (SSSR count). The average molecular weight is 304 g/mol. The molecule has 2 saturated heterocycles. The Kier molecular flexibility index (Phi) is 4.76. The first-order valence-corrected chi connectivity index (χ1v) is 8.09. The molecule has 5 nitrogen and oxygen atoms in total. The van der Waals surface area contributed by atoms with Gasteiger partial charge in [0.25, 0.3) is 5.91 Å². The first-order chi connectivity index (χ1) is 10.6. The Hall–Kier alpha value is -1.43. The van der Waals surface area contributed by atoms with Crippen molar-refractivity contribution in [3.63, 3.8) is 0 Å². The van der Waals surface area contributed by atoms with Crippen molar-refractivity contribution in [2.45, 2.75) is 57.2 Å². The molecule has 4 atom stereocenters. The van der Waals surface area contributed by atoms with Gasteiger partial charge in [0.1, 0.15) is 0 Å². The molecule has 22 heavy (non-hydrogen) atoms. The minimum absolute atomic E-state index is 0.0423. The van der Waals surface area contributed by atoms with Crippen LogP contribution in [-0.4, -0.2) is 47.1 Å². The topological polar surface area (TPSA) is 61.8 Å². The zero-order chi connectivity index (χ0) is 15.5. The van der Waals surface area contributed by atoms with Gasteiger partial charge in [0.05, 0.1) is 6.04 Å². The fourth-order valence-electron chi connectivity index (χ4n) is 3.28. The molecule has 2 aliphatic rings. The van der Waals surface area contributed by atoms with Crippen molar-refractivity contribution in [2.24, 2.45) is 0 Å². The van der Waals surface area contributed by atoms with E-state index in [1.807, 2.05) is 25.1 Å². The minimum atomic E-state index is -0.876. The number of carbonyl (C=O) groups is 1. The number of nitrogens with one attached hydrogen (secondary N) is 1. The van der Waals surface area contributed by atoms with Crippen molar-refractivity contribution < 1.29 is 14.6 Å². The molecule has 1 aromatic carbocycles. The van der Waals surface area contributed by atoms with Crippen molar-refractivity contribution in [1.29, 1.82) is 0 Å². The first kappa shape index (κ1) is 15.5. The van der Waals surface area contributed by atoms with E-state index in [1.54, 1.807) is 4.90 Å². The molecule has 0 spiro atoms. The summed E-state index contributed by atoms with van der Waals surface area (Å²) in [5.74, 6) is -0.0423. The van der Waals surface area contributed by atoms with Crippen LogP contribution in [0.4, 0.5) is 0 Å². The lowest BCUT2D eigenvalue weighted by atomic mass is 10.1. The van der Waals surface area contributed by atoms with Gasteiger partial charge in [-0.15, -0.1) is 0 Å². The predicted octanol–water partition coefficient (Wildman–Crippen LogP) is 1.26. The second-order valence-electron chi connectivity index (χ2n) is 6.24. The second-order valence-corrected chi connectivity index (χ2v) is 6.24. The van der Waals surface area contributed by atoms with Crippen LogP contribution in [0.5, 0.6) is 0 Å². The molecule has 5 heteroatoms. The summed E-state index contributed by atoms with van der Waals surface area (Å²) in [5, 5.41) is 13.2. The molecule has 2 N–H and O–H groups in total. The van der Waals surface area contributed by atoms with Crippen LogP contribution < -0.4 is 5.32 Å². The monoisotopic (exact) mass is 304 g/mol. The number of hydrogen-bond donors (Lipinski definition) is 2. The number of carbonyl (C=O) groups excluding carboxylic acids is 1. The molecule has 1 aromatic rings. The molecule has 1 unspecified atom stereocenters. The number of benzene rings is 1. The Morgan fingerprint density at radius 2 is 2.18 bits per heavy atom. The SMILES string of the molecule is C[C@H](CCc1ccccc1)N[C@H]1OC(O)[C@@H]2CCCN2C1=O. The van der Waals surface area contributed by atoms with Crippen molar-refractivity contribution in [2.75, 3.05) is 6.54 Å². The van der Waals surface area contributed by atoms with Crippen molar-refractivity contribution in [3.8, 4) is 0 Å². The van der Waals surface area contributed by atoms with E-state index in [1.165, 1.54) is 5.56 Å². The Morgan fingerprint density at radius 1 is 1.41 bits per heavy atom. The van der Waals surface area contributed by atoms with Gasteiger partial charge >= 0.3 is 0 Å². The van der Waals surface area contributed by atoms with Gasteiger partial charge in [0.2, 0.25) is 0 Å². The molecule has 0 bridgehead atoms. The van der Waals surface area contributed by atoms with Crippen molar-refractivity contribution in [1.82, 2.24) is 10.2 Å². The molecule has 0 radical (unpaired) electrons. The zero-order valence-electron chi connectivity index (χ0n) is 12.9. The summed E-state index contributed by atoms with van der Waals surface area (Å²) in [4.78, 5) is 14.1. The van der Waals surface area contributed by atoms with Crippen LogP contribution in [0.1, 0.15) is 31.7 Å². The molecular weight excluding hydrogens is 280 g/mol.